The van der Waals surface area contributed by atoms with Crippen LogP contribution in [0.5, 0.6) is 0 Å². The monoisotopic (exact) mass is 241 g/mol. The van der Waals surface area contributed by atoms with E-state index in [0.717, 1.165) is 19.4 Å². The van der Waals surface area contributed by atoms with Gasteiger partial charge >= 0.3 is 0 Å². The number of piperazine rings is 1. The Kier molecular flexibility index (Phi) is 3.96. The largest absolute Gasteiger partial charge is 0.396 e. The van der Waals surface area contributed by atoms with Crippen LogP contribution in [-0.4, -0.2) is 60.6 Å². The van der Waals surface area contributed by atoms with Crippen LogP contribution in [0, 0.1) is 5.92 Å². The van der Waals surface area contributed by atoms with Crippen LogP contribution < -0.4 is 10.6 Å². The van der Waals surface area contributed by atoms with E-state index in [2.05, 4.69) is 10.6 Å². The van der Waals surface area contributed by atoms with E-state index in [1.165, 1.54) is 0 Å². The molecular formula is C11H19N3O3. The van der Waals surface area contributed by atoms with Gasteiger partial charge in [0.15, 0.2) is 0 Å². The van der Waals surface area contributed by atoms with E-state index in [0.29, 0.717) is 13.1 Å². The number of carbonyl (C=O) groups is 2. The topological polar surface area (TPSA) is 81.7 Å². The van der Waals surface area contributed by atoms with Gasteiger partial charge in [-0.2, -0.15) is 0 Å². The second kappa shape index (κ2) is 5.46. The number of amides is 2. The Morgan fingerprint density at radius 3 is 3.00 bits per heavy atom. The van der Waals surface area contributed by atoms with E-state index in [1.54, 1.807) is 4.90 Å². The van der Waals surface area contributed by atoms with Crippen molar-refractivity contribution in [3.05, 3.63) is 0 Å². The fourth-order valence-corrected chi connectivity index (χ4v) is 2.38. The van der Waals surface area contributed by atoms with Crippen molar-refractivity contribution in [1.82, 2.24) is 15.5 Å². The predicted octanol–water partition coefficient (Wildman–Crippen LogP) is -1.69. The zero-order valence-corrected chi connectivity index (χ0v) is 9.82. The summed E-state index contributed by atoms with van der Waals surface area (Å²) in [6.07, 6.45) is 1.92. The quantitative estimate of drug-likeness (QED) is 0.538. The normalized spacial score (nSPS) is 29.9. The Labute approximate surface area is 100 Å². The summed E-state index contributed by atoms with van der Waals surface area (Å²) in [5.74, 6) is 0.162. The molecule has 0 aliphatic carbocycles. The first-order valence-corrected chi connectivity index (χ1v) is 6.10. The lowest BCUT2D eigenvalue weighted by molar-refractivity contribution is -0.136. The smallest absolute Gasteiger partial charge is 0.241 e. The van der Waals surface area contributed by atoms with Gasteiger partial charge in [0, 0.05) is 26.2 Å². The molecule has 0 bridgehead atoms. The average molecular weight is 241 g/mol. The number of nitrogens with one attached hydrogen (secondary N) is 2. The third-order valence-corrected chi connectivity index (χ3v) is 3.40. The third kappa shape index (κ3) is 2.95. The predicted molar refractivity (Wildman–Crippen MR) is 61.2 cm³/mol. The second-order valence-corrected chi connectivity index (χ2v) is 4.71. The number of hydrogen-bond donors (Lipinski definition) is 3. The molecule has 17 heavy (non-hydrogen) atoms. The summed E-state index contributed by atoms with van der Waals surface area (Å²) >= 11 is 0. The van der Waals surface area contributed by atoms with Crippen LogP contribution in [0.15, 0.2) is 0 Å². The second-order valence-electron chi connectivity index (χ2n) is 4.71. The molecule has 0 aromatic heterocycles. The highest BCUT2D eigenvalue weighted by molar-refractivity contribution is 5.86. The number of hydrogen-bond acceptors (Lipinski definition) is 4. The molecule has 6 heteroatoms. The van der Waals surface area contributed by atoms with E-state index in [4.69, 9.17) is 5.11 Å². The minimum Gasteiger partial charge on any atom is -0.396 e. The van der Waals surface area contributed by atoms with Gasteiger partial charge in [0.2, 0.25) is 11.8 Å². The van der Waals surface area contributed by atoms with Crippen molar-refractivity contribution >= 4 is 11.8 Å². The number of aliphatic hydroxyl groups is 1. The van der Waals surface area contributed by atoms with Crippen molar-refractivity contribution < 1.29 is 14.7 Å². The van der Waals surface area contributed by atoms with Gasteiger partial charge in [0.05, 0.1) is 6.54 Å². The summed E-state index contributed by atoms with van der Waals surface area (Å²) in [6, 6.07) is -0.315. The van der Waals surface area contributed by atoms with Crippen LogP contribution in [0.25, 0.3) is 0 Å². The molecule has 0 radical (unpaired) electrons. The molecule has 2 rings (SSSR count). The van der Waals surface area contributed by atoms with E-state index in [1.807, 2.05) is 0 Å². The molecule has 0 aromatic rings. The van der Waals surface area contributed by atoms with Crippen LogP contribution >= 0.6 is 0 Å². The van der Waals surface area contributed by atoms with E-state index in [-0.39, 0.29) is 36.9 Å². The molecule has 6 nitrogen and oxygen atoms in total. The fraction of sp³-hybridized carbons (Fsp3) is 0.818. The van der Waals surface area contributed by atoms with Gasteiger partial charge in [-0.3, -0.25) is 14.9 Å². The van der Waals surface area contributed by atoms with Crippen molar-refractivity contribution in [3.8, 4) is 0 Å². The number of nitrogens with zero attached hydrogens (tertiary/aromatic N) is 1. The molecule has 0 aromatic carbocycles. The maximum absolute atomic E-state index is 12.2. The maximum atomic E-state index is 12.2. The summed E-state index contributed by atoms with van der Waals surface area (Å²) in [5.41, 5.74) is 0. The standard InChI is InChI=1S/C11H19N3O3/c15-7-8-2-1-3-14(6-8)11(17)9-4-13-10(16)5-12-9/h8-9,12,15H,1-7H2,(H,13,16). The molecule has 2 saturated heterocycles. The first kappa shape index (κ1) is 12.3. The number of carbonyl (C=O) groups excluding carboxylic acids is 2. The molecule has 96 valence electrons. The highest BCUT2D eigenvalue weighted by atomic mass is 16.3. The number of aliphatic hydroxyl groups excluding tert-OH is 1. The highest BCUT2D eigenvalue weighted by Crippen LogP contribution is 2.16. The molecule has 2 amide bonds. The number of piperidine rings is 1. The summed E-state index contributed by atoms with van der Waals surface area (Å²) in [6.45, 7) is 2.08. The van der Waals surface area contributed by atoms with E-state index >= 15 is 0 Å². The SMILES string of the molecule is O=C1CNC(C(=O)N2CCCC(CO)C2)CN1. The van der Waals surface area contributed by atoms with Crippen LogP contribution in [0.1, 0.15) is 12.8 Å². The zero-order chi connectivity index (χ0) is 12.3. The lowest BCUT2D eigenvalue weighted by Crippen LogP contribution is -2.59. The van der Waals surface area contributed by atoms with Crippen LogP contribution in [0.2, 0.25) is 0 Å². The molecule has 2 fully saturated rings. The van der Waals surface area contributed by atoms with Crippen molar-refractivity contribution in [2.24, 2.45) is 5.92 Å². The maximum Gasteiger partial charge on any atom is 0.241 e. The molecule has 0 spiro atoms. The number of rotatable bonds is 2. The van der Waals surface area contributed by atoms with Crippen molar-refractivity contribution in [3.63, 3.8) is 0 Å². The van der Waals surface area contributed by atoms with Gasteiger partial charge in [0.1, 0.15) is 6.04 Å². The van der Waals surface area contributed by atoms with Gasteiger partial charge in [-0.05, 0) is 18.8 Å². The molecule has 0 saturated carbocycles. The van der Waals surface area contributed by atoms with Crippen LogP contribution in [0.3, 0.4) is 0 Å². The highest BCUT2D eigenvalue weighted by Gasteiger charge is 2.30. The van der Waals surface area contributed by atoms with Gasteiger partial charge in [-0.25, -0.2) is 0 Å². The minimum absolute atomic E-state index is 0.0307. The molecular weight excluding hydrogens is 222 g/mol. The molecule has 3 N–H and O–H groups in total. The third-order valence-electron chi connectivity index (χ3n) is 3.40. The Hall–Kier alpha value is -1.14. The Bertz CT molecular complexity index is 298. The van der Waals surface area contributed by atoms with E-state index in [9.17, 15) is 9.59 Å². The first-order chi connectivity index (χ1) is 8.20. The summed E-state index contributed by atoms with van der Waals surface area (Å²) < 4.78 is 0. The minimum atomic E-state index is -0.315. The van der Waals surface area contributed by atoms with E-state index < -0.39 is 0 Å². The zero-order valence-electron chi connectivity index (χ0n) is 9.82. The lowest BCUT2D eigenvalue weighted by Gasteiger charge is -2.35. The Balaban J connectivity index is 1.88. The number of likely N-dealkylation sites (tertiary alicyclic amines) is 1. The summed E-state index contributed by atoms with van der Waals surface area (Å²) in [4.78, 5) is 24.9. The van der Waals surface area contributed by atoms with Gasteiger partial charge in [-0.15, -0.1) is 0 Å². The van der Waals surface area contributed by atoms with Crippen molar-refractivity contribution in [2.45, 2.75) is 18.9 Å². The van der Waals surface area contributed by atoms with Gasteiger partial charge in [0.25, 0.3) is 0 Å². The average Bonchev–Trinajstić information content (AvgIpc) is 2.39. The molecule has 2 unspecified atom stereocenters. The fourth-order valence-electron chi connectivity index (χ4n) is 2.38. The summed E-state index contributed by atoms with van der Waals surface area (Å²) in [5, 5.41) is 14.7. The van der Waals surface area contributed by atoms with Crippen molar-refractivity contribution in [1.29, 1.82) is 0 Å². The van der Waals surface area contributed by atoms with Gasteiger partial charge in [-0.1, -0.05) is 0 Å². The first-order valence-electron chi connectivity index (χ1n) is 6.10. The molecule has 2 aliphatic rings. The lowest BCUT2D eigenvalue weighted by atomic mass is 9.98. The molecule has 2 heterocycles. The van der Waals surface area contributed by atoms with Gasteiger partial charge < -0.3 is 15.3 Å². The van der Waals surface area contributed by atoms with Crippen LogP contribution in [-0.2, 0) is 9.59 Å². The molecule has 2 aliphatic heterocycles. The van der Waals surface area contributed by atoms with Crippen LogP contribution in [0.4, 0.5) is 0 Å². The summed E-state index contributed by atoms with van der Waals surface area (Å²) in [7, 11) is 0. The van der Waals surface area contributed by atoms with Crippen molar-refractivity contribution in [2.75, 3.05) is 32.8 Å². The Morgan fingerprint density at radius 2 is 2.35 bits per heavy atom. The Morgan fingerprint density at radius 1 is 1.53 bits per heavy atom. The molecule has 2 atom stereocenters.